The molecule has 0 spiro atoms. The number of hydrogen-bond acceptors (Lipinski definition) is 8. The Morgan fingerprint density at radius 1 is 0.452 bits per heavy atom. The highest BCUT2D eigenvalue weighted by atomic mass is 32.1. The summed E-state index contributed by atoms with van der Waals surface area (Å²) in [6.07, 6.45) is 0. The molecule has 0 amide bonds. The van der Waals surface area contributed by atoms with Crippen LogP contribution in [0.4, 0.5) is 0 Å². The first kappa shape index (κ1) is 29.0. The zero-order chi connectivity index (χ0) is 29.7. The van der Waals surface area contributed by atoms with Crippen molar-refractivity contribution in [2.24, 2.45) is 0 Å². The summed E-state index contributed by atoms with van der Waals surface area (Å²) in [6.45, 7) is 16.7. The summed E-state index contributed by atoms with van der Waals surface area (Å²) in [5.41, 5.74) is -1.35. The largest absolute Gasteiger partial charge is 0.505 e. The molecule has 0 bridgehead atoms. The predicted octanol–water partition coefficient (Wildman–Crippen LogP) is 8.83. The van der Waals surface area contributed by atoms with E-state index in [2.05, 4.69) is 115 Å². The Bertz CT molecular complexity index is 1770. The van der Waals surface area contributed by atoms with E-state index in [1.165, 1.54) is 40.3 Å². The Labute approximate surface area is 263 Å². The van der Waals surface area contributed by atoms with E-state index in [0.29, 0.717) is 0 Å². The van der Waals surface area contributed by atoms with Crippen molar-refractivity contribution in [1.82, 2.24) is 0 Å². The van der Waals surface area contributed by atoms with Gasteiger partial charge in [-0.15, -0.1) is 45.3 Å². The van der Waals surface area contributed by atoms with E-state index >= 15 is 0 Å². The molecule has 2 fully saturated rings. The number of thiophene rings is 4. The molecule has 10 heteroatoms. The zero-order valence-electron chi connectivity index (χ0n) is 25.2. The van der Waals surface area contributed by atoms with E-state index in [4.69, 9.17) is 18.6 Å². The van der Waals surface area contributed by atoms with Gasteiger partial charge in [0.15, 0.2) is 0 Å². The average molecular weight is 633 g/mol. The van der Waals surface area contributed by atoms with E-state index in [1.807, 2.05) is 22.7 Å². The van der Waals surface area contributed by atoms with Crippen molar-refractivity contribution in [1.29, 1.82) is 0 Å². The van der Waals surface area contributed by atoms with Crippen LogP contribution >= 0.6 is 45.3 Å². The Balaban J connectivity index is 0.000000198. The molecule has 0 N–H and O–H groups in total. The molecule has 2 saturated heterocycles. The van der Waals surface area contributed by atoms with Gasteiger partial charge in [0.2, 0.25) is 0 Å². The van der Waals surface area contributed by atoms with Crippen molar-refractivity contribution in [3.8, 4) is 0 Å². The molecule has 6 heterocycles. The predicted molar refractivity (Wildman–Crippen MR) is 186 cm³/mol. The molecule has 42 heavy (non-hydrogen) atoms. The van der Waals surface area contributed by atoms with E-state index in [1.54, 1.807) is 22.7 Å². The minimum absolute atomic E-state index is 0.330. The Morgan fingerprint density at radius 3 is 1.14 bits per heavy atom. The van der Waals surface area contributed by atoms with Crippen molar-refractivity contribution < 1.29 is 18.6 Å². The van der Waals surface area contributed by atoms with Gasteiger partial charge >= 0.3 is 14.2 Å². The maximum Gasteiger partial charge on any atom is 0.505 e. The van der Waals surface area contributed by atoms with Gasteiger partial charge in [0.25, 0.3) is 0 Å². The van der Waals surface area contributed by atoms with Crippen LogP contribution in [0.25, 0.3) is 40.3 Å². The van der Waals surface area contributed by atoms with Gasteiger partial charge in [-0.1, -0.05) is 0 Å². The van der Waals surface area contributed by atoms with E-state index in [9.17, 15) is 0 Å². The summed E-state index contributed by atoms with van der Waals surface area (Å²) in [6, 6.07) is 17.7. The third-order valence-electron chi connectivity index (χ3n) is 9.27. The average Bonchev–Trinajstić information content (AvgIpc) is 3.72. The van der Waals surface area contributed by atoms with Gasteiger partial charge in [-0.05, 0) is 115 Å². The lowest BCUT2D eigenvalue weighted by molar-refractivity contribution is 0.00578. The summed E-state index contributed by atoms with van der Waals surface area (Å²) >= 11 is 7.11. The lowest BCUT2D eigenvalue weighted by Crippen LogP contribution is -2.41. The fourth-order valence-electron chi connectivity index (χ4n) is 5.32. The highest BCUT2D eigenvalue weighted by Gasteiger charge is 2.53. The minimum Gasteiger partial charge on any atom is -0.399 e. The van der Waals surface area contributed by atoms with Crippen molar-refractivity contribution in [3.63, 3.8) is 0 Å². The van der Waals surface area contributed by atoms with Gasteiger partial charge in [0, 0.05) is 49.9 Å². The second-order valence-electron chi connectivity index (χ2n) is 13.1. The fraction of sp³-hybridized carbons (Fsp3) is 0.375. The molecular weight excluding hydrogens is 598 g/mol. The van der Waals surface area contributed by atoms with Crippen LogP contribution in [0.2, 0.25) is 0 Å². The van der Waals surface area contributed by atoms with Gasteiger partial charge in [-0.25, -0.2) is 0 Å². The Hall–Kier alpha value is -1.75. The van der Waals surface area contributed by atoms with Crippen LogP contribution in [0.5, 0.6) is 0 Å². The van der Waals surface area contributed by atoms with Crippen molar-refractivity contribution in [2.75, 3.05) is 0 Å². The summed E-state index contributed by atoms with van der Waals surface area (Å²) < 4.78 is 32.6. The van der Waals surface area contributed by atoms with Crippen LogP contribution in [0, 0.1) is 0 Å². The molecule has 0 atom stereocenters. The maximum absolute atomic E-state index is 6.27. The molecule has 0 unspecified atom stereocenters. The summed E-state index contributed by atoms with van der Waals surface area (Å²) in [5, 5.41) is 9.59. The molecule has 216 valence electrons. The third-order valence-corrected chi connectivity index (χ3v) is 13.3. The van der Waals surface area contributed by atoms with Crippen molar-refractivity contribution in [3.05, 3.63) is 59.3 Å². The Kier molecular flexibility index (Phi) is 6.82. The second-order valence-corrected chi connectivity index (χ2v) is 17.2. The van der Waals surface area contributed by atoms with Gasteiger partial charge in [-0.2, -0.15) is 0 Å². The number of hydrogen-bond donors (Lipinski definition) is 0. The molecule has 6 aromatic rings. The topological polar surface area (TPSA) is 36.9 Å². The van der Waals surface area contributed by atoms with E-state index in [0.717, 1.165) is 9.55 Å². The maximum atomic E-state index is 6.27. The first-order chi connectivity index (χ1) is 19.7. The van der Waals surface area contributed by atoms with Gasteiger partial charge < -0.3 is 18.6 Å². The quantitative estimate of drug-likeness (QED) is 0.179. The molecule has 0 radical (unpaired) electrons. The lowest BCUT2D eigenvalue weighted by Gasteiger charge is -2.32. The smallest absolute Gasteiger partial charge is 0.399 e. The van der Waals surface area contributed by atoms with Gasteiger partial charge in [0.1, 0.15) is 0 Å². The molecule has 4 aromatic heterocycles. The van der Waals surface area contributed by atoms with Crippen LogP contribution in [0.3, 0.4) is 0 Å². The standard InChI is InChI=1S/C22H28B2O4S2.C10H6S2/c1-19(2)20(3,4)26-23(25-19)17-11-13-14-12-18(30-16(14)10-9-15(13)29-17)24-27-21(5,6)22(7,8)28-24;1-2-10-8(4-6-12-10)7-3-5-11-9(1)7/h9-12H,1-8H3;1-6H. The molecular formula is C32H34B2O4S4. The number of rotatable bonds is 2. The SMILES string of the molecule is CC1(C)OB(c2cc3c(ccc4sc(B5OC(C)(C)C(C)(C)O5)cc43)s2)OC1(C)C.c1cc2c(ccc3sccc32)s1. The fourth-order valence-corrected chi connectivity index (χ4v) is 9.00. The summed E-state index contributed by atoms with van der Waals surface area (Å²) in [7, 11) is -0.660. The Morgan fingerprint density at radius 2 is 0.786 bits per heavy atom. The van der Waals surface area contributed by atoms with Crippen LogP contribution in [0.1, 0.15) is 55.4 Å². The highest BCUT2D eigenvalue weighted by molar-refractivity contribution is 7.30. The first-order valence-corrected chi connectivity index (χ1v) is 17.6. The highest BCUT2D eigenvalue weighted by Crippen LogP contribution is 2.40. The molecule has 2 aliphatic heterocycles. The zero-order valence-corrected chi connectivity index (χ0v) is 28.5. The monoisotopic (exact) mass is 632 g/mol. The molecule has 4 nitrogen and oxygen atoms in total. The number of benzene rings is 2. The normalized spacial score (nSPS) is 20.7. The van der Waals surface area contributed by atoms with Crippen molar-refractivity contribution in [2.45, 2.75) is 77.8 Å². The van der Waals surface area contributed by atoms with Crippen LogP contribution in [-0.4, -0.2) is 36.6 Å². The third kappa shape index (κ3) is 4.70. The van der Waals surface area contributed by atoms with E-state index < -0.39 is 0 Å². The van der Waals surface area contributed by atoms with Crippen LogP contribution < -0.4 is 9.55 Å². The van der Waals surface area contributed by atoms with E-state index in [-0.39, 0.29) is 36.6 Å². The summed E-state index contributed by atoms with van der Waals surface area (Å²) in [4.78, 5) is 0. The molecule has 8 rings (SSSR count). The van der Waals surface area contributed by atoms with Crippen LogP contribution in [0.15, 0.2) is 59.3 Å². The minimum atomic E-state index is -0.338. The number of fused-ring (bicyclic) bond motifs is 6. The summed E-state index contributed by atoms with van der Waals surface area (Å²) in [5.74, 6) is 0. The molecule has 2 aromatic carbocycles. The molecule has 0 saturated carbocycles. The second kappa shape index (κ2) is 9.88. The van der Waals surface area contributed by atoms with Crippen molar-refractivity contribution >= 4 is 109 Å². The first-order valence-electron chi connectivity index (χ1n) is 14.3. The van der Waals surface area contributed by atoms with Gasteiger partial charge in [0.05, 0.1) is 22.4 Å². The van der Waals surface area contributed by atoms with Crippen LogP contribution in [-0.2, 0) is 18.6 Å². The molecule has 0 aliphatic carbocycles. The van der Waals surface area contributed by atoms with Gasteiger partial charge in [-0.3, -0.25) is 0 Å². The lowest BCUT2D eigenvalue weighted by atomic mass is 9.86. The molecule has 2 aliphatic rings.